The number of carbonyl (C=O) groups is 1. The third kappa shape index (κ3) is 3.21. The summed E-state index contributed by atoms with van der Waals surface area (Å²) in [7, 11) is 1.49. The molecule has 4 unspecified atom stereocenters. The van der Waals surface area contributed by atoms with Gasteiger partial charge in [0, 0.05) is 6.04 Å². The Bertz CT molecular complexity index is 275. The molecule has 4 atom stereocenters. The van der Waals surface area contributed by atoms with Crippen molar-refractivity contribution < 1.29 is 9.53 Å². The number of nitrogens with one attached hydrogen (secondary N) is 1. The summed E-state index contributed by atoms with van der Waals surface area (Å²) in [6, 6.07) is 0.455. The van der Waals surface area contributed by atoms with Gasteiger partial charge in [-0.15, -0.1) is 0 Å². The molecule has 2 aliphatic carbocycles. The van der Waals surface area contributed by atoms with Crippen molar-refractivity contribution >= 4 is 5.97 Å². The standard InChI is InChI=1S/C14H25NO2/c1-9-4-7-12(8-10(9)2)15-13(11-5-6-11)14(16)17-3/h9-13,15H,4-8H2,1-3H3. The Morgan fingerprint density at radius 3 is 2.41 bits per heavy atom. The van der Waals surface area contributed by atoms with E-state index in [2.05, 4.69) is 19.2 Å². The molecule has 0 spiro atoms. The van der Waals surface area contributed by atoms with E-state index in [1.54, 1.807) is 0 Å². The maximum Gasteiger partial charge on any atom is 0.323 e. The van der Waals surface area contributed by atoms with Crippen molar-refractivity contribution in [3.63, 3.8) is 0 Å². The van der Waals surface area contributed by atoms with Gasteiger partial charge in [-0.1, -0.05) is 13.8 Å². The van der Waals surface area contributed by atoms with Gasteiger partial charge in [0.25, 0.3) is 0 Å². The minimum absolute atomic E-state index is 0.0504. The zero-order chi connectivity index (χ0) is 12.4. The van der Waals surface area contributed by atoms with E-state index in [0.717, 1.165) is 11.8 Å². The minimum Gasteiger partial charge on any atom is -0.468 e. The van der Waals surface area contributed by atoms with Crippen LogP contribution in [0.1, 0.15) is 46.0 Å². The van der Waals surface area contributed by atoms with Crippen molar-refractivity contribution in [2.24, 2.45) is 17.8 Å². The van der Waals surface area contributed by atoms with Crippen LogP contribution in [0.3, 0.4) is 0 Å². The zero-order valence-corrected chi connectivity index (χ0v) is 11.2. The molecule has 0 heterocycles. The van der Waals surface area contributed by atoms with Crippen LogP contribution in [0.2, 0.25) is 0 Å². The first kappa shape index (κ1) is 12.9. The Kier molecular flexibility index (Phi) is 4.08. The lowest BCUT2D eigenvalue weighted by Gasteiger charge is -2.34. The number of hydrogen-bond acceptors (Lipinski definition) is 3. The molecule has 0 aromatic heterocycles. The minimum atomic E-state index is -0.0706. The van der Waals surface area contributed by atoms with Crippen LogP contribution in [0, 0.1) is 17.8 Å². The monoisotopic (exact) mass is 239 g/mol. The van der Waals surface area contributed by atoms with E-state index < -0.39 is 0 Å². The molecule has 1 N–H and O–H groups in total. The first-order valence-corrected chi connectivity index (χ1v) is 6.95. The number of methoxy groups -OCH3 is 1. The smallest absolute Gasteiger partial charge is 0.323 e. The molecule has 2 fully saturated rings. The molecular weight excluding hydrogens is 214 g/mol. The van der Waals surface area contributed by atoms with Crippen molar-refractivity contribution in [1.29, 1.82) is 0 Å². The summed E-state index contributed by atoms with van der Waals surface area (Å²) in [5.74, 6) is 2.04. The van der Waals surface area contributed by atoms with Crippen molar-refractivity contribution in [3.05, 3.63) is 0 Å². The van der Waals surface area contributed by atoms with Gasteiger partial charge in [0.15, 0.2) is 0 Å². The third-order valence-electron chi connectivity index (χ3n) is 4.56. The largest absolute Gasteiger partial charge is 0.468 e. The van der Waals surface area contributed by atoms with Crippen LogP contribution in [0.4, 0.5) is 0 Å². The molecule has 2 saturated carbocycles. The summed E-state index contributed by atoms with van der Waals surface area (Å²) < 4.78 is 4.90. The molecule has 0 radical (unpaired) electrons. The van der Waals surface area contributed by atoms with E-state index in [4.69, 9.17) is 4.74 Å². The molecular formula is C14H25NO2. The van der Waals surface area contributed by atoms with Crippen molar-refractivity contribution in [2.45, 2.75) is 58.0 Å². The Morgan fingerprint density at radius 2 is 1.88 bits per heavy atom. The molecule has 2 rings (SSSR count). The van der Waals surface area contributed by atoms with E-state index in [-0.39, 0.29) is 12.0 Å². The lowest BCUT2D eigenvalue weighted by atomic mass is 9.79. The second-order valence-electron chi connectivity index (χ2n) is 5.97. The average molecular weight is 239 g/mol. The highest BCUT2D eigenvalue weighted by molar-refractivity contribution is 5.76. The van der Waals surface area contributed by atoms with Gasteiger partial charge in [0.2, 0.25) is 0 Å². The van der Waals surface area contributed by atoms with E-state index >= 15 is 0 Å². The topological polar surface area (TPSA) is 38.3 Å². The summed E-state index contributed by atoms with van der Waals surface area (Å²) in [4.78, 5) is 11.7. The Labute approximate surface area is 104 Å². The highest BCUT2D eigenvalue weighted by atomic mass is 16.5. The summed E-state index contributed by atoms with van der Waals surface area (Å²) >= 11 is 0. The highest BCUT2D eigenvalue weighted by Gasteiger charge is 2.39. The summed E-state index contributed by atoms with van der Waals surface area (Å²) in [6.45, 7) is 4.66. The normalized spacial score (nSPS) is 35.4. The predicted octanol–water partition coefficient (Wildman–Crippen LogP) is 2.35. The summed E-state index contributed by atoms with van der Waals surface area (Å²) in [5, 5.41) is 3.54. The van der Waals surface area contributed by atoms with Crippen LogP contribution < -0.4 is 5.32 Å². The lowest BCUT2D eigenvalue weighted by Crippen LogP contribution is -2.47. The van der Waals surface area contributed by atoms with E-state index in [0.29, 0.717) is 12.0 Å². The van der Waals surface area contributed by atoms with Gasteiger partial charge >= 0.3 is 5.97 Å². The first-order valence-electron chi connectivity index (χ1n) is 6.95. The molecule has 0 aromatic carbocycles. The van der Waals surface area contributed by atoms with Crippen LogP contribution in [0.5, 0.6) is 0 Å². The Balaban J connectivity index is 1.87. The lowest BCUT2D eigenvalue weighted by molar-refractivity contribution is -0.144. The van der Waals surface area contributed by atoms with Gasteiger partial charge in [-0.3, -0.25) is 4.79 Å². The van der Waals surface area contributed by atoms with Crippen LogP contribution in [0.15, 0.2) is 0 Å². The van der Waals surface area contributed by atoms with Gasteiger partial charge in [0.1, 0.15) is 6.04 Å². The van der Waals surface area contributed by atoms with Crippen molar-refractivity contribution in [3.8, 4) is 0 Å². The third-order valence-corrected chi connectivity index (χ3v) is 4.56. The predicted molar refractivity (Wildman–Crippen MR) is 67.6 cm³/mol. The number of rotatable bonds is 4. The number of carbonyl (C=O) groups excluding carboxylic acids is 1. The fraction of sp³-hybridized carbons (Fsp3) is 0.929. The number of hydrogen-bond donors (Lipinski definition) is 1. The molecule has 3 heteroatoms. The van der Waals surface area contributed by atoms with Gasteiger partial charge in [-0.05, 0) is 49.9 Å². The summed E-state index contributed by atoms with van der Waals surface area (Å²) in [5.41, 5.74) is 0. The molecule has 2 aliphatic rings. The number of ether oxygens (including phenoxy) is 1. The van der Waals surface area contributed by atoms with Crippen molar-refractivity contribution in [2.75, 3.05) is 7.11 Å². The molecule has 98 valence electrons. The second kappa shape index (κ2) is 5.38. The fourth-order valence-corrected chi connectivity index (χ4v) is 2.91. The van der Waals surface area contributed by atoms with Crippen LogP contribution >= 0.6 is 0 Å². The van der Waals surface area contributed by atoms with Gasteiger partial charge < -0.3 is 10.1 Å². The number of esters is 1. The quantitative estimate of drug-likeness (QED) is 0.765. The maximum absolute atomic E-state index is 11.7. The first-order chi connectivity index (χ1) is 8.11. The molecule has 0 aliphatic heterocycles. The highest BCUT2D eigenvalue weighted by Crippen LogP contribution is 2.35. The second-order valence-corrected chi connectivity index (χ2v) is 5.97. The van der Waals surface area contributed by atoms with Crippen LogP contribution in [0.25, 0.3) is 0 Å². The van der Waals surface area contributed by atoms with E-state index in [9.17, 15) is 4.79 Å². The van der Waals surface area contributed by atoms with Gasteiger partial charge in [0.05, 0.1) is 7.11 Å². The van der Waals surface area contributed by atoms with E-state index in [1.807, 2.05) is 0 Å². The fourth-order valence-electron chi connectivity index (χ4n) is 2.91. The van der Waals surface area contributed by atoms with Crippen molar-refractivity contribution in [1.82, 2.24) is 5.32 Å². The molecule has 0 saturated heterocycles. The maximum atomic E-state index is 11.7. The molecule has 0 aromatic rings. The van der Waals surface area contributed by atoms with Gasteiger partial charge in [-0.2, -0.15) is 0 Å². The molecule has 0 bridgehead atoms. The molecule has 3 nitrogen and oxygen atoms in total. The van der Waals surface area contributed by atoms with Crippen LogP contribution in [-0.2, 0) is 9.53 Å². The van der Waals surface area contributed by atoms with Crippen LogP contribution in [-0.4, -0.2) is 25.2 Å². The molecule has 17 heavy (non-hydrogen) atoms. The SMILES string of the molecule is COC(=O)C(NC1CCC(C)C(C)C1)C1CC1. The van der Waals surface area contributed by atoms with Gasteiger partial charge in [-0.25, -0.2) is 0 Å². The van der Waals surface area contributed by atoms with E-state index in [1.165, 1.54) is 39.2 Å². The Morgan fingerprint density at radius 1 is 1.18 bits per heavy atom. The summed E-state index contributed by atoms with van der Waals surface area (Å²) in [6.07, 6.45) is 6.02. The zero-order valence-electron chi connectivity index (χ0n) is 11.2. The molecule has 0 amide bonds. The average Bonchev–Trinajstić information content (AvgIpc) is 3.13. The Hall–Kier alpha value is -0.570.